The van der Waals surface area contributed by atoms with Crippen LogP contribution in [0, 0.1) is 11.3 Å². The predicted octanol–water partition coefficient (Wildman–Crippen LogP) is 5.73. The van der Waals surface area contributed by atoms with Crippen LogP contribution in [0.3, 0.4) is 0 Å². The van der Waals surface area contributed by atoms with Gasteiger partial charge >= 0.3 is 0 Å². The number of halogens is 1. The quantitative estimate of drug-likeness (QED) is 0.476. The lowest BCUT2D eigenvalue weighted by Gasteiger charge is -2.17. The zero-order valence-electron chi connectivity index (χ0n) is 15.4. The predicted molar refractivity (Wildman–Crippen MR) is 114 cm³/mol. The molecule has 0 spiro atoms. The van der Waals surface area contributed by atoms with Crippen LogP contribution in [-0.2, 0) is 6.54 Å². The molecule has 1 heterocycles. The molecule has 0 amide bonds. The van der Waals surface area contributed by atoms with E-state index in [1.54, 1.807) is 12.1 Å². The summed E-state index contributed by atoms with van der Waals surface area (Å²) in [7, 11) is 0. The minimum Gasteiger partial charge on any atom is -0.380 e. The van der Waals surface area contributed by atoms with Gasteiger partial charge in [0.1, 0.15) is 6.07 Å². The van der Waals surface area contributed by atoms with Crippen LogP contribution in [0.1, 0.15) is 12.5 Å². The van der Waals surface area contributed by atoms with E-state index in [9.17, 15) is 0 Å². The summed E-state index contributed by atoms with van der Waals surface area (Å²) >= 11 is 6.14. The molecule has 0 unspecified atom stereocenters. The Morgan fingerprint density at radius 2 is 1.93 bits per heavy atom. The van der Waals surface area contributed by atoms with E-state index >= 15 is 0 Å². The standard InChI is InChI=1S/C23H19ClN4/c1-16(26-23-8-4-6-17-5-2-3-7-20(17)23)15-28-12-11-22(27-28)18-9-10-19(14-25)21(24)13-18/h2-13,16,26H,15H2,1H3/t16-/m0/s1. The molecule has 4 nitrogen and oxygen atoms in total. The third-order valence-electron chi connectivity index (χ3n) is 4.68. The van der Waals surface area contributed by atoms with Gasteiger partial charge < -0.3 is 5.32 Å². The fourth-order valence-corrected chi connectivity index (χ4v) is 3.55. The number of nitrogens with zero attached hydrogens (tertiary/aromatic N) is 3. The lowest BCUT2D eigenvalue weighted by Crippen LogP contribution is -2.22. The lowest BCUT2D eigenvalue weighted by molar-refractivity contribution is 0.562. The van der Waals surface area contributed by atoms with E-state index in [1.165, 1.54) is 10.8 Å². The van der Waals surface area contributed by atoms with Crippen molar-refractivity contribution in [3.05, 3.63) is 83.5 Å². The maximum Gasteiger partial charge on any atom is 0.101 e. The highest BCUT2D eigenvalue weighted by Gasteiger charge is 2.09. The minimum atomic E-state index is 0.197. The van der Waals surface area contributed by atoms with E-state index in [2.05, 4.69) is 65.9 Å². The fourth-order valence-electron chi connectivity index (χ4n) is 3.33. The van der Waals surface area contributed by atoms with Crippen molar-refractivity contribution in [1.82, 2.24) is 9.78 Å². The van der Waals surface area contributed by atoms with Crippen LogP contribution >= 0.6 is 11.6 Å². The molecule has 0 fully saturated rings. The average molecular weight is 387 g/mol. The Morgan fingerprint density at radius 3 is 2.75 bits per heavy atom. The molecule has 1 atom stereocenters. The molecule has 3 aromatic carbocycles. The number of nitriles is 1. The fraction of sp³-hybridized carbons (Fsp3) is 0.130. The van der Waals surface area contributed by atoms with Gasteiger partial charge in [-0.1, -0.05) is 54.1 Å². The number of hydrogen-bond acceptors (Lipinski definition) is 3. The van der Waals surface area contributed by atoms with E-state index < -0.39 is 0 Å². The molecule has 28 heavy (non-hydrogen) atoms. The summed E-state index contributed by atoms with van der Waals surface area (Å²) < 4.78 is 1.92. The molecule has 1 N–H and O–H groups in total. The molecule has 138 valence electrons. The van der Waals surface area contributed by atoms with Gasteiger partial charge in [-0.3, -0.25) is 4.68 Å². The number of nitrogens with one attached hydrogen (secondary N) is 1. The average Bonchev–Trinajstić information content (AvgIpc) is 3.16. The van der Waals surface area contributed by atoms with E-state index in [0.29, 0.717) is 10.6 Å². The van der Waals surface area contributed by atoms with Crippen molar-refractivity contribution in [1.29, 1.82) is 5.26 Å². The second-order valence-electron chi connectivity index (χ2n) is 6.80. The van der Waals surface area contributed by atoms with Gasteiger partial charge in [0, 0.05) is 28.9 Å². The van der Waals surface area contributed by atoms with E-state index in [1.807, 2.05) is 23.0 Å². The molecular weight excluding hydrogens is 368 g/mol. The molecule has 0 aliphatic rings. The molecule has 0 saturated heterocycles. The van der Waals surface area contributed by atoms with Gasteiger partial charge in [-0.05, 0) is 36.6 Å². The highest BCUT2D eigenvalue weighted by molar-refractivity contribution is 6.32. The van der Waals surface area contributed by atoms with Gasteiger partial charge in [0.25, 0.3) is 0 Å². The van der Waals surface area contributed by atoms with Crippen LogP contribution in [0.15, 0.2) is 72.9 Å². The van der Waals surface area contributed by atoms with Crippen LogP contribution in [0.2, 0.25) is 5.02 Å². The Kier molecular flexibility index (Phi) is 5.01. The number of hydrogen-bond donors (Lipinski definition) is 1. The third kappa shape index (κ3) is 3.71. The molecule has 0 saturated carbocycles. The summed E-state index contributed by atoms with van der Waals surface area (Å²) in [4.78, 5) is 0. The third-order valence-corrected chi connectivity index (χ3v) is 4.99. The first-order chi connectivity index (χ1) is 13.6. The van der Waals surface area contributed by atoms with Crippen molar-refractivity contribution >= 4 is 28.1 Å². The van der Waals surface area contributed by atoms with Crippen LogP contribution in [0.5, 0.6) is 0 Å². The maximum atomic E-state index is 9.01. The van der Waals surface area contributed by atoms with Crippen LogP contribution in [-0.4, -0.2) is 15.8 Å². The van der Waals surface area contributed by atoms with Gasteiger partial charge in [-0.15, -0.1) is 0 Å². The number of aromatic nitrogens is 2. The topological polar surface area (TPSA) is 53.6 Å². The van der Waals surface area contributed by atoms with Crippen molar-refractivity contribution in [2.45, 2.75) is 19.5 Å². The SMILES string of the molecule is C[C@@H](Cn1ccc(-c2ccc(C#N)c(Cl)c2)n1)Nc1cccc2ccccc12. The smallest absolute Gasteiger partial charge is 0.101 e. The van der Waals surface area contributed by atoms with E-state index in [0.717, 1.165) is 23.5 Å². The van der Waals surface area contributed by atoms with Crippen molar-refractivity contribution in [2.75, 3.05) is 5.32 Å². The molecular formula is C23H19ClN4. The Bertz CT molecular complexity index is 1170. The first kappa shape index (κ1) is 18.1. The van der Waals surface area contributed by atoms with Crippen LogP contribution in [0.25, 0.3) is 22.0 Å². The molecule has 5 heteroatoms. The van der Waals surface area contributed by atoms with Crippen molar-refractivity contribution < 1.29 is 0 Å². The van der Waals surface area contributed by atoms with Gasteiger partial charge in [0.05, 0.1) is 22.8 Å². The Balaban J connectivity index is 1.49. The zero-order valence-corrected chi connectivity index (χ0v) is 16.2. The first-order valence-corrected chi connectivity index (χ1v) is 9.49. The largest absolute Gasteiger partial charge is 0.380 e. The molecule has 4 rings (SSSR count). The molecule has 0 bridgehead atoms. The molecule has 0 aliphatic heterocycles. The maximum absolute atomic E-state index is 9.01. The number of rotatable bonds is 5. The Labute approximate surface area is 169 Å². The summed E-state index contributed by atoms with van der Waals surface area (Å²) in [6, 6.07) is 24.3. The van der Waals surface area contributed by atoms with Crippen molar-refractivity contribution in [2.24, 2.45) is 0 Å². The van der Waals surface area contributed by atoms with Crippen LogP contribution in [0.4, 0.5) is 5.69 Å². The first-order valence-electron chi connectivity index (χ1n) is 9.12. The molecule has 0 aliphatic carbocycles. The van der Waals surface area contributed by atoms with E-state index in [-0.39, 0.29) is 6.04 Å². The summed E-state index contributed by atoms with van der Waals surface area (Å²) in [6.07, 6.45) is 1.96. The highest BCUT2D eigenvalue weighted by atomic mass is 35.5. The summed E-state index contributed by atoms with van der Waals surface area (Å²) in [5.41, 5.74) is 3.33. The summed E-state index contributed by atoms with van der Waals surface area (Å²) in [5.74, 6) is 0. The van der Waals surface area contributed by atoms with Gasteiger partial charge in [0.15, 0.2) is 0 Å². The number of fused-ring (bicyclic) bond motifs is 1. The normalized spacial score (nSPS) is 11.9. The summed E-state index contributed by atoms with van der Waals surface area (Å²) in [5, 5.41) is 20.1. The van der Waals surface area contributed by atoms with Crippen molar-refractivity contribution in [3.8, 4) is 17.3 Å². The minimum absolute atomic E-state index is 0.197. The van der Waals surface area contributed by atoms with Crippen molar-refractivity contribution in [3.63, 3.8) is 0 Å². The summed E-state index contributed by atoms with van der Waals surface area (Å²) in [6.45, 7) is 2.87. The van der Waals surface area contributed by atoms with E-state index in [4.69, 9.17) is 16.9 Å². The number of benzene rings is 3. The van der Waals surface area contributed by atoms with Gasteiger partial charge in [-0.25, -0.2) is 0 Å². The highest BCUT2D eigenvalue weighted by Crippen LogP contribution is 2.25. The second-order valence-corrected chi connectivity index (χ2v) is 7.21. The molecule has 1 aromatic heterocycles. The number of anilines is 1. The van der Waals surface area contributed by atoms with Gasteiger partial charge in [-0.2, -0.15) is 10.4 Å². The van der Waals surface area contributed by atoms with Crippen LogP contribution < -0.4 is 5.32 Å². The van der Waals surface area contributed by atoms with Gasteiger partial charge in [0.2, 0.25) is 0 Å². The Hall–Kier alpha value is -3.29. The zero-order chi connectivity index (χ0) is 19.5. The second kappa shape index (κ2) is 7.75. The Morgan fingerprint density at radius 1 is 1.11 bits per heavy atom. The molecule has 0 radical (unpaired) electrons. The molecule has 4 aromatic rings. The lowest BCUT2D eigenvalue weighted by atomic mass is 10.1. The monoisotopic (exact) mass is 386 g/mol.